The molecule has 19 heavy (non-hydrogen) atoms. The molecule has 6 heteroatoms. The van der Waals surface area contributed by atoms with Gasteiger partial charge in [-0.1, -0.05) is 6.07 Å². The first-order valence-electron chi connectivity index (χ1n) is 5.78. The third-order valence-electron chi connectivity index (χ3n) is 2.87. The van der Waals surface area contributed by atoms with Gasteiger partial charge >= 0.3 is 11.9 Å². The third kappa shape index (κ3) is 3.15. The summed E-state index contributed by atoms with van der Waals surface area (Å²) < 4.78 is 15.0. The molecule has 1 aliphatic rings. The van der Waals surface area contributed by atoms with Crippen LogP contribution in [-0.2, 0) is 20.7 Å². The second-order valence-electron chi connectivity index (χ2n) is 4.21. The lowest BCUT2D eigenvalue weighted by Gasteiger charge is -2.12. The molecule has 0 saturated heterocycles. The summed E-state index contributed by atoms with van der Waals surface area (Å²) in [5.74, 6) is -1.01. The summed E-state index contributed by atoms with van der Waals surface area (Å²) in [5.41, 5.74) is 0.806. The Morgan fingerprint density at radius 2 is 2.11 bits per heavy atom. The zero-order valence-corrected chi connectivity index (χ0v) is 10.4. The lowest BCUT2D eigenvalue weighted by molar-refractivity contribution is -0.150. The third-order valence-corrected chi connectivity index (χ3v) is 2.87. The van der Waals surface area contributed by atoms with Gasteiger partial charge in [0.2, 0.25) is 6.79 Å². The zero-order valence-electron chi connectivity index (χ0n) is 10.4. The van der Waals surface area contributed by atoms with Crippen molar-refractivity contribution in [1.29, 1.82) is 0 Å². The Balaban J connectivity index is 2.12. The van der Waals surface area contributed by atoms with Crippen molar-refractivity contribution in [1.82, 2.24) is 0 Å². The highest BCUT2D eigenvalue weighted by Gasteiger charge is 2.24. The molecule has 0 amide bonds. The molecule has 0 aliphatic carbocycles. The van der Waals surface area contributed by atoms with Gasteiger partial charge in [-0.15, -0.1) is 0 Å². The quantitative estimate of drug-likeness (QED) is 0.807. The molecule has 1 aliphatic heterocycles. The molecule has 2 rings (SSSR count). The highest BCUT2D eigenvalue weighted by molar-refractivity contribution is 5.79. The van der Waals surface area contributed by atoms with Crippen LogP contribution in [0.25, 0.3) is 0 Å². The van der Waals surface area contributed by atoms with Gasteiger partial charge in [-0.25, -0.2) is 0 Å². The SMILES string of the molecule is COC(=O)[C@H](CC(=O)O)Cc1ccc2c(c1)OCO2. The first kappa shape index (κ1) is 13.2. The predicted octanol–water partition coefficient (Wildman–Crippen LogP) is 1.22. The molecule has 1 N–H and O–H groups in total. The molecule has 0 radical (unpaired) electrons. The molecule has 102 valence electrons. The van der Waals surface area contributed by atoms with Crippen LogP contribution in [0, 0.1) is 5.92 Å². The fourth-order valence-corrected chi connectivity index (χ4v) is 1.97. The molecule has 0 fully saturated rings. The Morgan fingerprint density at radius 3 is 2.79 bits per heavy atom. The van der Waals surface area contributed by atoms with E-state index >= 15 is 0 Å². The summed E-state index contributed by atoms with van der Waals surface area (Å²) >= 11 is 0. The van der Waals surface area contributed by atoms with Gasteiger partial charge in [0.25, 0.3) is 0 Å². The maximum atomic E-state index is 11.5. The number of methoxy groups -OCH3 is 1. The Hall–Kier alpha value is -2.24. The summed E-state index contributed by atoms with van der Waals surface area (Å²) in [6.45, 7) is 0.175. The summed E-state index contributed by atoms with van der Waals surface area (Å²) in [4.78, 5) is 22.3. The average Bonchev–Trinajstić information content (AvgIpc) is 2.84. The first-order chi connectivity index (χ1) is 9.10. The molecular formula is C13H14O6. The zero-order chi connectivity index (χ0) is 13.8. The molecule has 1 atom stereocenters. The topological polar surface area (TPSA) is 82.1 Å². The van der Waals surface area contributed by atoms with E-state index in [9.17, 15) is 9.59 Å². The van der Waals surface area contributed by atoms with Crippen LogP contribution in [0.1, 0.15) is 12.0 Å². The highest BCUT2D eigenvalue weighted by atomic mass is 16.7. The van der Waals surface area contributed by atoms with Crippen LogP contribution in [0.3, 0.4) is 0 Å². The van der Waals surface area contributed by atoms with Crippen molar-refractivity contribution >= 4 is 11.9 Å². The molecule has 1 heterocycles. The molecule has 1 aromatic rings. The van der Waals surface area contributed by atoms with E-state index in [0.29, 0.717) is 11.5 Å². The van der Waals surface area contributed by atoms with Crippen molar-refractivity contribution in [2.75, 3.05) is 13.9 Å². The molecule has 0 bridgehead atoms. The van der Waals surface area contributed by atoms with Crippen molar-refractivity contribution in [3.8, 4) is 11.5 Å². The fraction of sp³-hybridized carbons (Fsp3) is 0.385. The van der Waals surface area contributed by atoms with Crippen molar-refractivity contribution in [3.05, 3.63) is 23.8 Å². The van der Waals surface area contributed by atoms with E-state index in [0.717, 1.165) is 5.56 Å². The first-order valence-corrected chi connectivity index (χ1v) is 5.78. The van der Waals surface area contributed by atoms with Crippen molar-refractivity contribution in [2.45, 2.75) is 12.8 Å². The Morgan fingerprint density at radius 1 is 1.37 bits per heavy atom. The number of aliphatic carboxylic acids is 1. The van der Waals surface area contributed by atoms with E-state index in [1.807, 2.05) is 0 Å². The smallest absolute Gasteiger partial charge is 0.309 e. The van der Waals surface area contributed by atoms with E-state index in [4.69, 9.17) is 14.6 Å². The van der Waals surface area contributed by atoms with Gasteiger partial charge in [-0.2, -0.15) is 0 Å². The van der Waals surface area contributed by atoms with E-state index in [1.54, 1.807) is 18.2 Å². The van der Waals surface area contributed by atoms with Gasteiger partial charge in [0.15, 0.2) is 11.5 Å². The summed E-state index contributed by atoms with van der Waals surface area (Å²) in [5, 5.41) is 8.81. The maximum Gasteiger partial charge on any atom is 0.309 e. The molecule has 1 aromatic carbocycles. The van der Waals surface area contributed by atoms with Gasteiger partial charge < -0.3 is 19.3 Å². The second-order valence-corrected chi connectivity index (χ2v) is 4.21. The number of carboxylic acid groups (broad SMARTS) is 1. The Kier molecular flexibility index (Phi) is 3.89. The Labute approximate surface area is 109 Å². The second kappa shape index (κ2) is 5.60. The number of ether oxygens (including phenoxy) is 3. The predicted molar refractivity (Wildman–Crippen MR) is 64.0 cm³/mol. The monoisotopic (exact) mass is 266 g/mol. The molecule has 6 nitrogen and oxygen atoms in total. The number of hydrogen-bond donors (Lipinski definition) is 1. The van der Waals surface area contributed by atoms with E-state index < -0.39 is 17.9 Å². The van der Waals surface area contributed by atoms with Crippen LogP contribution in [0.5, 0.6) is 11.5 Å². The van der Waals surface area contributed by atoms with Crippen LogP contribution in [-0.4, -0.2) is 30.9 Å². The maximum absolute atomic E-state index is 11.5. The largest absolute Gasteiger partial charge is 0.481 e. The van der Waals surface area contributed by atoms with Gasteiger partial charge in [-0.3, -0.25) is 9.59 Å². The fourth-order valence-electron chi connectivity index (χ4n) is 1.97. The van der Waals surface area contributed by atoms with Crippen LogP contribution >= 0.6 is 0 Å². The standard InChI is InChI=1S/C13H14O6/c1-17-13(16)9(6-12(14)15)4-8-2-3-10-11(5-8)19-7-18-10/h2-3,5,9H,4,6-7H2,1H3,(H,14,15)/t9-/m0/s1. The lowest BCUT2D eigenvalue weighted by atomic mass is 9.96. The number of carbonyl (C=O) groups excluding carboxylic acids is 1. The molecular weight excluding hydrogens is 252 g/mol. The molecule has 0 unspecified atom stereocenters. The number of benzene rings is 1. The summed E-state index contributed by atoms with van der Waals surface area (Å²) in [6.07, 6.45) is 0.0245. The minimum atomic E-state index is -1.03. The van der Waals surface area contributed by atoms with Gasteiger partial charge in [0.05, 0.1) is 19.4 Å². The number of carbonyl (C=O) groups is 2. The number of hydrogen-bond acceptors (Lipinski definition) is 5. The van der Waals surface area contributed by atoms with Crippen molar-refractivity contribution in [3.63, 3.8) is 0 Å². The summed E-state index contributed by atoms with van der Waals surface area (Å²) in [7, 11) is 1.25. The van der Waals surface area contributed by atoms with Crippen molar-refractivity contribution < 1.29 is 28.9 Å². The van der Waals surface area contributed by atoms with Gasteiger partial charge in [0, 0.05) is 0 Å². The van der Waals surface area contributed by atoms with E-state index in [2.05, 4.69) is 4.74 Å². The molecule has 0 spiro atoms. The Bertz CT molecular complexity index is 496. The van der Waals surface area contributed by atoms with E-state index in [1.165, 1.54) is 7.11 Å². The highest BCUT2D eigenvalue weighted by Crippen LogP contribution is 2.33. The minimum absolute atomic E-state index is 0.175. The minimum Gasteiger partial charge on any atom is -0.481 e. The molecule has 0 saturated carbocycles. The normalized spacial score (nSPS) is 13.9. The number of fused-ring (bicyclic) bond motifs is 1. The van der Waals surface area contributed by atoms with Gasteiger partial charge in [-0.05, 0) is 24.1 Å². The average molecular weight is 266 g/mol. The number of rotatable bonds is 5. The van der Waals surface area contributed by atoms with Crippen LogP contribution in [0.2, 0.25) is 0 Å². The summed E-state index contributed by atoms with van der Waals surface area (Å²) in [6, 6.07) is 5.28. The van der Waals surface area contributed by atoms with Crippen LogP contribution in [0.4, 0.5) is 0 Å². The van der Waals surface area contributed by atoms with Crippen LogP contribution in [0.15, 0.2) is 18.2 Å². The lowest BCUT2D eigenvalue weighted by Crippen LogP contribution is -2.22. The van der Waals surface area contributed by atoms with E-state index in [-0.39, 0.29) is 19.6 Å². The number of carboxylic acids is 1. The van der Waals surface area contributed by atoms with Crippen LogP contribution < -0.4 is 9.47 Å². The van der Waals surface area contributed by atoms with Gasteiger partial charge in [0.1, 0.15) is 0 Å². The van der Waals surface area contributed by atoms with Crippen molar-refractivity contribution in [2.24, 2.45) is 5.92 Å². The molecule has 0 aromatic heterocycles. The number of esters is 1.